The molecular weight excluding hydrogens is 128 g/mol. The molecule has 0 aromatic rings. The van der Waals surface area contributed by atoms with E-state index in [-0.39, 0.29) is 4.75 Å². The lowest BCUT2D eigenvalue weighted by Gasteiger charge is -2.12. The lowest BCUT2D eigenvalue weighted by molar-refractivity contribution is -0.432. The minimum absolute atomic E-state index is 0.0390. The van der Waals surface area contributed by atoms with E-state index in [0.29, 0.717) is 0 Å². The maximum Gasteiger partial charge on any atom is 0.0405 e. The van der Waals surface area contributed by atoms with Crippen LogP contribution in [0.2, 0.25) is 0 Å². The summed E-state index contributed by atoms with van der Waals surface area (Å²) in [4.78, 5) is 0. The van der Waals surface area contributed by atoms with Gasteiger partial charge in [0.25, 0.3) is 0 Å². The van der Waals surface area contributed by atoms with Crippen molar-refractivity contribution in [3.63, 3.8) is 0 Å². The van der Waals surface area contributed by atoms with Crippen LogP contribution in [0.4, 0.5) is 0 Å². The van der Waals surface area contributed by atoms with Gasteiger partial charge in [-0.3, -0.25) is 0 Å². The Labute approximate surface area is 53.0 Å². The van der Waals surface area contributed by atoms with E-state index >= 15 is 0 Å². The van der Waals surface area contributed by atoms with Gasteiger partial charge in [-0.1, -0.05) is 5.04 Å². The van der Waals surface area contributed by atoms with Gasteiger partial charge in [0.15, 0.2) is 0 Å². The van der Waals surface area contributed by atoms with Crippen LogP contribution < -0.4 is 0 Å². The zero-order chi connectivity index (χ0) is 6.62. The Morgan fingerprint density at radius 1 is 1.38 bits per heavy atom. The van der Waals surface area contributed by atoms with Gasteiger partial charge in [-0.15, -0.1) is 4.33 Å². The summed E-state index contributed by atoms with van der Waals surface area (Å²) in [6, 6.07) is 0. The zero-order valence-corrected chi connectivity index (χ0v) is 5.99. The summed E-state index contributed by atoms with van der Waals surface area (Å²) < 4.78 is 4.13. The smallest absolute Gasteiger partial charge is 0.0405 e. The van der Waals surface area contributed by atoms with E-state index in [1.54, 1.807) is 0 Å². The van der Waals surface area contributed by atoms with Crippen LogP contribution in [0.15, 0.2) is 0 Å². The van der Waals surface area contributed by atoms with Crippen LogP contribution in [0.25, 0.3) is 0 Å². The van der Waals surface area contributed by atoms with Gasteiger partial charge in [0.1, 0.15) is 0 Å². The Hall–Kier alpha value is 0.230. The second-order valence-electron chi connectivity index (χ2n) is 2.34. The second-order valence-corrected chi connectivity index (χ2v) is 3.87. The topological polar surface area (TPSA) is 38.7 Å². The van der Waals surface area contributed by atoms with Crippen molar-refractivity contribution in [1.82, 2.24) is 0 Å². The second kappa shape index (κ2) is 3.29. The number of hydrogen-bond donors (Lipinski definition) is 1. The molecule has 1 N–H and O–H groups in total. The summed E-state index contributed by atoms with van der Waals surface area (Å²) in [6.07, 6.45) is 0. The molecule has 0 saturated carbocycles. The molecule has 0 aromatic carbocycles. The van der Waals surface area contributed by atoms with Gasteiger partial charge in [0, 0.05) is 16.8 Å². The number of hydrogen-bond acceptors (Lipinski definition) is 4. The molecule has 0 saturated heterocycles. The van der Waals surface area contributed by atoms with E-state index in [0.717, 1.165) is 12.0 Å². The predicted molar refractivity (Wildman–Crippen MR) is 32.1 cm³/mol. The van der Waals surface area contributed by atoms with Crippen molar-refractivity contribution in [2.75, 3.05) is 0 Å². The predicted octanol–water partition coefficient (Wildman–Crippen LogP) is 1.85. The average Bonchev–Trinajstić information content (AvgIpc) is 1.59. The highest BCUT2D eigenvalue weighted by atomic mass is 32.2. The van der Waals surface area contributed by atoms with Crippen LogP contribution in [0.1, 0.15) is 20.8 Å². The van der Waals surface area contributed by atoms with Crippen molar-refractivity contribution in [3.05, 3.63) is 0 Å². The molecule has 3 nitrogen and oxygen atoms in total. The van der Waals surface area contributed by atoms with Crippen LogP contribution in [-0.2, 0) is 9.37 Å². The minimum atomic E-state index is -0.0390. The molecule has 0 rings (SSSR count). The highest BCUT2D eigenvalue weighted by Gasteiger charge is 2.11. The average molecular weight is 138 g/mol. The molecule has 0 heterocycles. The van der Waals surface area contributed by atoms with E-state index in [9.17, 15) is 0 Å². The SMILES string of the molecule is CC(C)(C)SOOO. The van der Waals surface area contributed by atoms with E-state index in [4.69, 9.17) is 5.26 Å². The van der Waals surface area contributed by atoms with Gasteiger partial charge in [-0.2, -0.15) is 0 Å². The van der Waals surface area contributed by atoms with Crippen LogP contribution in [0.5, 0.6) is 0 Å². The summed E-state index contributed by atoms with van der Waals surface area (Å²) >= 11 is 1.06. The van der Waals surface area contributed by atoms with Gasteiger partial charge in [0.2, 0.25) is 0 Å². The molecule has 0 aliphatic heterocycles. The first kappa shape index (κ1) is 8.23. The quantitative estimate of drug-likeness (QED) is 0.359. The molecule has 0 aliphatic carbocycles. The van der Waals surface area contributed by atoms with Crippen molar-refractivity contribution >= 4 is 12.0 Å². The molecule has 50 valence electrons. The minimum Gasteiger partial charge on any atom is -0.220 e. The highest BCUT2D eigenvalue weighted by Crippen LogP contribution is 2.23. The molecule has 0 spiro atoms. The number of rotatable bonds is 2. The fraction of sp³-hybridized carbons (Fsp3) is 1.00. The summed E-state index contributed by atoms with van der Waals surface area (Å²) in [7, 11) is 0. The third-order valence-corrected chi connectivity index (χ3v) is 0.943. The van der Waals surface area contributed by atoms with Crippen molar-refractivity contribution in [2.24, 2.45) is 0 Å². The molecule has 0 bridgehead atoms. The van der Waals surface area contributed by atoms with E-state index < -0.39 is 0 Å². The van der Waals surface area contributed by atoms with Gasteiger partial charge in [0.05, 0.1) is 0 Å². The summed E-state index contributed by atoms with van der Waals surface area (Å²) in [5, 5.41) is 11.1. The Kier molecular flexibility index (Phi) is 3.39. The van der Waals surface area contributed by atoms with Crippen molar-refractivity contribution in [3.8, 4) is 0 Å². The fourth-order valence-electron chi connectivity index (χ4n) is 0.117. The molecule has 0 aliphatic rings. The summed E-state index contributed by atoms with van der Waals surface area (Å²) in [5.74, 6) is 0. The lowest BCUT2D eigenvalue weighted by Crippen LogP contribution is -2.07. The largest absolute Gasteiger partial charge is 0.220 e. The van der Waals surface area contributed by atoms with E-state index in [1.807, 2.05) is 20.8 Å². The lowest BCUT2D eigenvalue weighted by atomic mass is 10.3. The van der Waals surface area contributed by atoms with Crippen LogP contribution in [-0.4, -0.2) is 10.0 Å². The first-order valence-electron chi connectivity index (χ1n) is 2.22. The monoisotopic (exact) mass is 138 g/mol. The fourth-order valence-corrected chi connectivity index (χ4v) is 0.352. The maximum absolute atomic E-state index is 7.69. The van der Waals surface area contributed by atoms with E-state index in [1.165, 1.54) is 0 Å². The Bertz CT molecular complexity index is 58.8. The Morgan fingerprint density at radius 3 is 2.00 bits per heavy atom. The molecule has 4 heteroatoms. The van der Waals surface area contributed by atoms with Crippen LogP contribution >= 0.6 is 12.0 Å². The van der Waals surface area contributed by atoms with Gasteiger partial charge >= 0.3 is 0 Å². The molecule has 0 unspecified atom stereocenters. The van der Waals surface area contributed by atoms with Gasteiger partial charge in [-0.05, 0) is 20.8 Å². The third kappa shape index (κ3) is 6.23. The zero-order valence-electron chi connectivity index (χ0n) is 5.17. The molecule has 0 radical (unpaired) electrons. The highest BCUT2D eigenvalue weighted by molar-refractivity contribution is 7.95. The third-order valence-electron chi connectivity index (χ3n) is 0.314. The normalized spacial score (nSPS) is 12.0. The molecular formula is C4H10O3S. The van der Waals surface area contributed by atoms with Crippen molar-refractivity contribution in [1.29, 1.82) is 0 Å². The van der Waals surface area contributed by atoms with E-state index in [2.05, 4.69) is 9.37 Å². The first-order valence-corrected chi connectivity index (χ1v) is 2.96. The molecule has 0 aromatic heterocycles. The Balaban J connectivity index is 3.11. The Morgan fingerprint density at radius 2 is 1.88 bits per heavy atom. The van der Waals surface area contributed by atoms with Crippen molar-refractivity contribution < 1.29 is 14.6 Å². The van der Waals surface area contributed by atoms with Crippen LogP contribution in [0.3, 0.4) is 0 Å². The molecule has 8 heavy (non-hydrogen) atoms. The molecule has 0 fully saturated rings. The first-order chi connectivity index (χ1) is 3.56. The summed E-state index contributed by atoms with van der Waals surface area (Å²) in [6.45, 7) is 5.82. The van der Waals surface area contributed by atoms with Gasteiger partial charge < -0.3 is 0 Å². The van der Waals surface area contributed by atoms with Crippen LogP contribution in [0, 0.1) is 0 Å². The molecule has 0 amide bonds. The maximum atomic E-state index is 7.69. The molecule has 0 atom stereocenters. The standard InChI is InChI=1S/C4H10O3S/c1-4(2,3)8-7-6-5/h5H,1-3H3. The van der Waals surface area contributed by atoms with Gasteiger partial charge in [-0.25, -0.2) is 5.26 Å². The summed E-state index contributed by atoms with van der Waals surface area (Å²) in [5.41, 5.74) is 0. The van der Waals surface area contributed by atoms with Crippen molar-refractivity contribution in [2.45, 2.75) is 25.5 Å².